The smallest absolute Gasteiger partial charge is 0.232 e. The lowest BCUT2D eigenvalue weighted by Gasteiger charge is -2.13. The van der Waals surface area contributed by atoms with Crippen molar-refractivity contribution < 1.29 is 9.53 Å². The zero-order chi connectivity index (χ0) is 18.5. The first-order chi connectivity index (χ1) is 12.6. The number of ether oxygens (including phenoxy) is 1. The molecule has 26 heavy (non-hydrogen) atoms. The molecule has 3 aromatic rings. The van der Waals surface area contributed by atoms with Gasteiger partial charge in [0.05, 0.1) is 18.7 Å². The third kappa shape index (κ3) is 3.88. The normalized spacial score (nSPS) is 11.7. The van der Waals surface area contributed by atoms with Crippen molar-refractivity contribution in [3.05, 3.63) is 72.1 Å². The Hall–Kier alpha value is -3.21. The monoisotopic (exact) mass is 347 g/mol. The zero-order valence-electron chi connectivity index (χ0n) is 15.1. The first-order valence-electron chi connectivity index (χ1n) is 8.41. The van der Waals surface area contributed by atoms with Gasteiger partial charge in [0.25, 0.3) is 0 Å². The molecule has 5 nitrogen and oxygen atoms in total. The Labute approximate surface area is 153 Å². The van der Waals surface area contributed by atoms with Gasteiger partial charge in [-0.15, -0.1) is 0 Å². The number of rotatable bonds is 5. The van der Waals surface area contributed by atoms with Gasteiger partial charge in [0.2, 0.25) is 5.91 Å². The molecule has 1 heterocycles. The number of carbonyl (C=O) groups excluding carboxylic acids is 1. The number of nitrogens with zero attached hydrogens (tertiary/aromatic N) is 2. The molecule has 132 valence electrons. The molecular weight excluding hydrogens is 326 g/mol. The first-order valence-corrected chi connectivity index (χ1v) is 8.41. The van der Waals surface area contributed by atoms with Crippen LogP contribution in [0.15, 0.2) is 60.9 Å². The highest BCUT2D eigenvalue weighted by molar-refractivity contribution is 5.95. The standard InChI is InChI=1S/C21H21N3O2/c1-14-9-10-19(26-3)17(11-14)18-12-20(23-13-22-18)24-21(25)15(2)16-7-5-4-6-8-16/h4-13,15H,1-3H3,(H,22,23,24,25). The molecule has 0 aliphatic heterocycles. The van der Waals surface area contributed by atoms with E-state index in [0.29, 0.717) is 11.5 Å². The van der Waals surface area contributed by atoms with E-state index in [1.165, 1.54) is 6.33 Å². The molecule has 0 bridgehead atoms. The number of aromatic nitrogens is 2. The van der Waals surface area contributed by atoms with Gasteiger partial charge >= 0.3 is 0 Å². The lowest BCUT2D eigenvalue weighted by molar-refractivity contribution is -0.117. The summed E-state index contributed by atoms with van der Waals surface area (Å²) in [4.78, 5) is 21.0. The molecule has 0 saturated carbocycles. The van der Waals surface area contributed by atoms with E-state index in [0.717, 1.165) is 22.4 Å². The average molecular weight is 347 g/mol. The van der Waals surface area contributed by atoms with Crippen LogP contribution in [0.2, 0.25) is 0 Å². The van der Waals surface area contributed by atoms with E-state index in [9.17, 15) is 4.79 Å². The van der Waals surface area contributed by atoms with Gasteiger partial charge in [0.1, 0.15) is 17.9 Å². The summed E-state index contributed by atoms with van der Waals surface area (Å²) < 4.78 is 5.42. The van der Waals surface area contributed by atoms with Crippen LogP contribution in [0.4, 0.5) is 5.82 Å². The lowest BCUT2D eigenvalue weighted by atomic mass is 10.0. The van der Waals surface area contributed by atoms with Crippen LogP contribution in [-0.4, -0.2) is 23.0 Å². The third-order valence-corrected chi connectivity index (χ3v) is 4.24. The van der Waals surface area contributed by atoms with Crippen LogP contribution in [-0.2, 0) is 4.79 Å². The molecule has 3 rings (SSSR count). The van der Waals surface area contributed by atoms with E-state index < -0.39 is 0 Å². The Morgan fingerprint density at radius 2 is 1.85 bits per heavy atom. The van der Waals surface area contributed by atoms with E-state index >= 15 is 0 Å². The molecular formula is C21H21N3O2. The fourth-order valence-electron chi connectivity index (χ4n) is 2.72. The van der Waals surface area contributed by atoms with Crippen molar-refractivity contribution >= 4 is 11.7 Å². The lowest BCUT2D eigenvalue weighted by Crippen LogP contribution is -2.19. The van der Waals surface area contributed by atoms with Crippen molar-refractivity contribution in [3.63, 3.8) is 0 Å². The second kappa shape index (κ2) is 7.78. The highest BCUT2D eigenvalue weighted by atomic mass is 16.5. The number of benzene rings is 2. The Kier molecular flexibility index (Phi) is 5.27. The summed E-state index contributed by atoms with van der Waals surface area (Å²) in [6, 6.07) is 17.3. The molecule has 1 atom stereocenters. The molecule has 1 aromatic heterocycles. The van der Waals surface area contributed by atoms with Gasteiger partial charge in [-0.25, -0.2) is 9.97 Å². The van der Waals surface area contributed by atoms with E-state index in [2.05, 4.69) is 15.3 Å². The zero-order valence-corrected chi connectivity index (χ0v) is 15.1. The number of anilines is 1. The van der Waals surface area contributed by atoms with Gasteiger partial charge in [0, 0.05) is 11.6 Å². The van der Waals surface area contributed by atoms with Crippen molar-refractivity contribution in [1.82, 2.24) is 9.97 Å². The summed E-state index contributed by atoms with van der Waals surface area (Å²) in [6.07, 6.45) is 1.44. The second-order valence-electron chi connectivity index (χ2n) is 6.11. The Bertz CT molecular complexity index is 910. The number of amides is 1. The van der Waals surface area contributed by atoms with Crippen molar-refractivity contribution in [2.75, 3.05) is 12.4 Å². The number of nitrogens with one attached hydrogen (secondary N) is 1. The van der Waals surface area contributed by atoms with Crippen molar-refractivity contribution in [3.8, 4) is 17.0 Å². The molecule has 1 unspecified atom stereocenters. The van der Waals surface area contributed by atoms with Crippen LogP contribution in [0.5, 0.6) is 5.75 Å². The summed E-state index contributed by atoms with van der Waals surface area (Å²) in [7, 11) is 1.62. The highest BCUT2D eigenvalue weighted by Crippen LogP contribution is 2.30. The second-order valence-corrected chi connectivity index (χ2v) is 6.11. The van der Waals surface area contributed by atoms with Crippen LogP contribution >= 0.6 is 0 Å². The minimum Gasteiger partial charge on any atom is -0.496 e. The minimum atomic E-state index is -0.275. The molecule has 1 N–H and O–H groups in total. The number of hydrogen-bond donors (Lipinski definition) is 1. The van der Waals surface area contributed by atoms with Crippen molar-refractivity contribution in [2.45, 2.75) is 19.8 Å². The van der Waals surface area contributed by atoms with Gasteiger partial charge in [-0.2, -0.15) is 0 Å². The van der Waals surface area contributed by atoms with Gasteiger partial charge in [0.15, 0.2) is 0 Å². The maximum Gasteiger partial charge on any atom is 0.232 e. The number of carbonyl (C=O) groups is 1. The molecule has 2 aromatic carbocycles. The predicted octanol–water partition coefficient (Wildman–Crippen LogP) is 4.20. The van der Waals surface area contributed by atoms with Crippen molar-refractivity contribution in [2.24, 2.45) is 0 Å². The largest absolute Gasteiger partial charge is 0.496 e. The fraction of sp³-hybridized carbons (Fsp3) is 0.190. The Morgan fingerprint density at radius 3 is 2.58 bits per heavy atom. The maximum absolute atomic E-state index is 12.5. The molecule has 1 amide bonds. The maximum atomic E-state index is 12.5. The summed E-state index contributed by atoms with van der Waals surface area (Å²) in [6.45, 7) is 3.88. The van der Waals surface area contributed by atoms with Crippen LogP contribution in [0, 0.1) is 6.92 Å². The van der Waals surface area contributed by atoms with E-state index in [-0.39, 0.29) is 11.8 Å². The number of aryl methyl sites for hydroxylation is 1. The predicted molar refractivity (Wildman–Crippen MR) is 102 cm³/mol. The Balaban J connectivity index is 1.84. The number of methoxy groups -OCH3 is 1. The van der Waals surface area contributed by atoms with Crippen molar-refractivity contribution in [1.29, 1.82) is 0 Å². The number of hydrogen-bond acceptors (Lipinski definition) is 4. The average Bonchev–Trinajstić information content (AvgIpc) is 2.68. The van der Waals surface area contributed by atoms with E-state index in [4.69, 9.17) is 4.74 Å². The molecule has 0 saturated heterocycles. The highest BCUT2D eigenvalue weighted by Gasteiger charge is 2.16. The third-order valence-electron chi connectivity index (χ3n) is 4.24. The van der Waals surface area contributed by atoms with Crippen LogP contribution in [0.1, 0.15) is 24.0 Å². The molecule has 5 heteroatoms. The molecule has 0 fully saturated rings. The van der Waals surface area contributed by atoms with Gasteiger partial charge in [-0.05, 0) is 31.5 Å². The topological polar surface area (TPSA) is 64.1 Å². The van der Waals surface area contributed by atoms with Gasteiger partial charge < -0.3 is 10.1 Å². The van der Waals surface area contributed by atoms with Crippen LogP contribution in [0.3, 0.4) is 0 Å². The van der Waals surface area contributed by atoms with E-state index in [1.54, 1.807) is 13.2 Å². The Morgan fingerprint density at radius 1 is 1.08 bits per heavy atom. The molecule has 0 radical (unpaired) electrons. The molecule has 0 aliphatic rings. The summed E-state index contributed by atoms with van der Waals surface area (Å²) >= 11 is 0. The van der Waals surface area contributed by atoms with Gasteiger partial charge in [-0.1, -0.05) is 42.0 Å². The molecule has 0 aliphatic carbocycles. The van der Waals surface area contributed by atoms with Crippen LogP contribution in [0.25, 0.3) is 11.3 Å². The first kappa shape index (κ1) is 17.6. The quantitative estimate of drug-likeness (QED) is 0.751. The molecule has 0 spiro atoms. The van der Waals surface area contributed by atoms with E-state index in [1.807, 2.05) is 62.4 Å². The SMILES string of the molecule is COc1ccc(C)cc1-c1cc(NC(=O)C(C)c2ccccc2)ncn1. The summed E-state index contributed by atoms with van der Waals surface area (Å²) in [5.74, 6) is 0.802. The fourth-order valence-corrected chi connectivity index (χ4v) is 2.72. The summed E-state index contributed by atoms with van der Waals surface area (Å²) in [5.41, 5.74) is 3.62. The van der Waals surface area contributed by atoms with Gasteiger partial charge in [-0.3, -0.25) is 4.79 Å². The minimum absolute atomic E-state index is 0.114. The van der Waals surface area contributed by atoms with Crippen LogP contribution < -0.4 is 10.1 Å². The summed E-state index contributed by atoms with van der Waals surface area (Å²) in [5, 5.41) is 2.87.